The van der Waals surface area contributed by atoms with Crippen molar-refractivity contribution in [2.24, 2.45) is 11.8 Å². The zero-order chi connectivity index (χ0) is 27.2. The lowest BCUT2D eigenvalue weighted by atomic mass is 9.87. The second-order valence-electron chi connectivity index (χ2n) is 11.2. The number of aliphatic hydroxyl groups is 1. The van der Waals surface area contributed by atoms with E-state index >= 15 is 0 Å². The predicted octanol–water partition coefficient (Wildman–Crippen LogP) is 4.98. The molecule has 0 spiro atoms. The second-order valence-corrected chi connectivity index (χ2v) is 11.2. The number of nitrogens with zero attached hydrogens (tertiary/aromatic N) is 3. The number of hydrogen-bond acceptors (Lipinski definition) is 6. The van der Waals surface area contributed by atoms with Crippen LogP contribution in [0.5, 0.6) is 0 Å². The number of nitrogens with one attached hydrogen (secondary N) is 2. The van der Waals surface area contributed by atoms with E-state index in [4.69, 9.17) is 9.72 Å². The minimum Gasteiger partial charge on any atom is -0.396 e. The highest BCUT2D eigenvalue weighted by Crippen LogP contribution is 2.38. The average Bonchev–Trinajstić information content (AvgIpc) is 3.77. The summed E-state index contributed by atoms with van der Waals surface area (Å²) < 4.78 is 21.2. The summed E-state index contributed by atoms with van der Waals surface area (Å²) >= 11 is 0. The molecule has 0 bridgehead atoms. The molecular formula is C31H32FN5O3. The highest BCUT2D eigenvalue weighted by molar-refractivity contribution is 6.06. The summed E-state index contributed by atoms with van der Waals surface area (Å²) in [5.41, 5.74) is 6.62. The van der Waals surface area contributed by atoms with Gasteiger partial charge >= 0.3 is 0 Å². The van der Waals surface area contributed by atoms with Crippen LogP contribution in [-0.2, 0) is 17.7 Å². The second kappa shape index (κ2) is 10.3. The van der Waals surface area contributed by atoms with Crippen molar-refractivity contribution in [2.45, 2.75) is 44.6 Å². The van der Waals surface area contributed by atoms with E-state index in [-0.39, 0.29) is 18.3 Å². The van der Waals surface area contributed by atoms with Crippen molar-refractivity contribution in [3.05, 3.63) is 77.0 Å². The van der Waals surface area contributed by atoms with Crippen molar-refractivity contribution >= 4 is 23.1 Å². The van der Waals surface area contributed by atoms with Gasteiger partial charge in [-0.2, -0.15) is 0 Å². The first-order valence-electron chi connectivity index (χ1n) is 14.1. The number of halogens is 1. The van der Waals surface area contributed by atoms with Crippen molar-refractivity contribution < 1.29 is 19.0 Å². The van der Waals surface area contributed by atoms with Crippen molar-refractivity contribution in [1.29, 1.82) is 0 Å². The van der Waals surface area contributed by atoms with Crippen LogP contribution in [0.3, 0.4) is 0 Å². The fourth-order valence-corrected chi connectivity index (χ4v) is 6.75. The van der Waals surface area contributed by atoms with Crippen molar-refractivity contribution in [3.8, 4) is 11.3 Å². The summed E-state index contributed by atoms with van der Waals surface area (Å²) in [7, 11) is 0. The van der Waals surface area contributed by atoms with Crippen molar-refractivity contribution in [1.82, 2.24) is 19.7 Å². The summed E-state index contributed by atoms with van der Waals surface area (Å²) in [6.07, 6.45) is 8.50. The van der Waals surface area contributed by atoms with Gasteiger partial charge in [-0.3, -0.25) is 9.20 Å². The molecule has 0 radical (unpaired) electrons. The van der Waals surface area contributed by atoms with E-state index in [2.05, 4.69) is 21.7 Å². The molecule has 1 aliphatic carbocycles. The summed E-state index contributed by atoms with van der Waals surface area (Å²) in [4.78, 5) is 22.5. The molecule has 40 heavy (non-hydrogen) atoms. The highest BCUT2D eigenvalue weighted by Gasteiger charge is 2.31. The van der Waals surface area contributed by atoms with Crippen LogP contribution in [0.1, 0.15) is 58.8 Å². The monoisotopic (exact) mass is 541 g/mol. The standard InChI is InChI=1S/C31H32FN5O3/c32-21-8-10-37-27(15-33-29(37)13-21)23-4-6-25(30-24(23)14-34-31(30)39)35-28-7-5-22(20-9-11-40-17-20)26(36-28)12-18-2-1-3-19(18)16-38/h4-8,10,13,15,18-20,38H,1-3,9,11-12,14,16-17H2,(H,34,39)(H,35,36)/t18?,19-,20+/m1/s1. The smallest absolute Gasteiger partial charge is 0.254 e. The number of carbonyl (C=O) groups is 1. The quantitative estimate of drug-likeness (QED) is 0.305. The molecule has 7 rings (SSSR count). The summed E-state index contributed by atoms with van der Waals surface area (Å²) in [5.74, 6) is 1.28. The lowest BCUT2D eigenvalue weighted by Gasteiger charge is -2.21. The van der Waals surface area contributed by atoms with Gasteiger partial charge in [0.25, 0.3) is 5.91 Å². The largest absolute Gasteiger partial charge is 0.396 e. The molecule has 3 N–H and O–H groups in total. The molecule has 9 heteroatoms. The van der Waals surface area contributed by atoms with Crippen LogP contribution in [0, 0.1) is 17.7 Å². The van der Waals surface area contributed by atoms with Gasteiger partial charge in [-0.05, 0) is 66.8 Å². The number of hydrogen-bond donors (Lipinski definition) is 3. The zero-order valence-corrected chi connectivity index (χ0v) is 22.2. The molecule has 1 aromatic carbocycles. The summed E-state index contributed by atoms with van der Waals surface area (Å²) in [6, 6.07) is 10.8. The topological polar surface area (TPSA) is 101 Å². The molecular weight excluding hydrogens is 509 g/mol. The van der Waals surface area contributed by atoms with Crippen LogP contribution in [0.4, 0.5) is 15.9 Å². The Morgan fingerprint density at radius 2 is 2.05 bits per heavy atom. The molecule has 4 aromatic rings. The zero-order valence-electron chi connectivity index (χ0n) is 22.2. The molecule has 206 valence electrons. The van der Waals surface area contributed by atoms with Gasteiger partial charge in [0.1, 0.15) is 17.3 Å². The maximum Gasteiger partial charge on any atom is 0.254 e. The number of pyridine rings is 2. The number of ether oxygens (including phenoxy) is 1. The molecule has 1 saturated heterocycles. The van der Waals surface area contributed by atoms with Gasteiger partial charge in [-0.15, -0.1) is 0 Å². The Balaban J connectivity index is 1.24. The number of carbonyl (C=O) groups excluding carboxylic acids is 1. The maximum atomic E-state index is 13.7. The van der Waals surface area contributed by atoms with Crippen LogP contribution in [0.25, 0.3) is 16.9 Å². The molecule has 3 atom stereocenters. The SMILES string of the molecule is O=C1NCc2c(-c3cnc4cc(F)ccn34)ccc(Nc3ccc([C@H]4CCOC4)c(CC4CCC[C@@H]4CO)n3)c21. The van der Waals surface area contributed by atoms with Gasteiger partial charge in [-0.25, -0.2) is 14.4 Å². The van der Waals surface area contributed by atoms with Gasteiger partial charge in [0, 0.05) is 49.2 Å². The third kappa shape index (κ3) is 4.43. The van der Waals surface area contributed by atoms with Crippen molar-refractivity contribution in [2.75, 3.05) is 25.1 Å². The fraction of sp³-hybridized carbons (Fsp3) is 0.387. The van der Waals surface area contributed by atoms with Gasteiger partial charge in [0.2, 0.25) is 0 Å². The van der Waals surface area contributed by atoms with E-state index in [1.807, 2.05) is 22.6 Å². The minimum atomic E-state index is -0.343. The third-order valence-electron chi connectivity index (χ3n) is 8.87. The van der Waals surface area contributed by atoms with Gasteiger partial charge in [-0.1, -0.05) is 18.6 Å². The normalized spacial score (nSPS) is 22.1. The first kappa shape index (κ1) is 25.2. The molecule has 3 aliphatic rings. The molecule has 1 saturated carbocycles. The van der Waals surface area contributed by atoms with E-state index in [1.165, 1.54) is 17.7 Å². The van der Waals surface area contributed by atoms with Crippen LogP contribution < -0.4 is 10.6 Å². The summed E-state index contributed by atoms with van der Waals surface area (Å²) in [6.45, 7) is 2.10. The maximum absolute atomic E-state index is 13.7. The number of amides is 1. The third-order valence-corrected chi connectivity index (χ3v) is 8.87. The van der Waals surface area contributed by atoms with Crippen LogP contribution in [0.2, 0.25) is 0 Å². The number of imidazole rings is 1. The van der Waals surface area contributed by atoms with E-state index in [9.17, 15) is 14.3 Å². The van der Waals surface area contributed by atoms with E-state index in [1.54, 1.807) is 12.4 Å². The number of benzene rings is 1. The Labute approximate surface area is 231 Å². The van der Waals surface area contributed by atoms with E-state index in [0.29, 0.717) is 53.6 Å². The Hall–Kier alpha value is -3.82. The van der Waals surface area contributed by atoms with Gasteiger partial charge in [0.05, 0.1) is 29.7 Å². The lowest BCUT2D eigenvalue weighted by molar-refractivity contribution is 0.0966. The fourth-order valence-electron chi connectivity index (χ4n) is 6.75. The van der Waals surface area contributed by atoms with E-state index < -0.39 is 0 Å². The van der Waals surface area contributed by atoms with Gasteiger partial charge < -0.3 is 20.5 Å². The van der Waals surface area contributed by atoms with E-state index in [0.717, 1.165) is 61.2 Å². The number of fused-ring (bicyclic) bond motifs is 2. The Morgan fingerprint density at radius 1 is 1.15 bits per heavy atom. The first-order chi connectivity index (χ1) is 19.6. The van der Waals surface area contributed by atoms with Gasteiger partial charge in [0.15, 0.2) is 0 Å². The molecule has 2 fully saturated rings. The molecule has 1 amide bonds. The predicted molar refractivity (Wildman–Crippen MR) is 149 cm³/mol. The summed E-state index contributed by atoms with van der Waals surface area (Å²) in [5, 5.41) is 16.3. The Morgan fingerprint density at radius 3 is 2.90 bits per heavy atom. The minimum absolute atomic E-state index is 0.143. The number of rotatable bonds is 7. The molecule has 2 aliphatic heterocycles. The lowest BCUT2D eigenvalue weighted by Crippen LogP contribution is -2.17. The van der Waals surface area contributed by atoms with Crippen LogP contribution in [-0.4, -0.2) is 45.2 Å². The Bertz CT molecular complexity index is 1600. The molecule has 3 aromatic heterocycles. The number of aromatic nitrogens is 3. The van der Waals surface area contributed by atoms with Crippen LogP contribution in [0.15, 0.2) is 48.8 Å². The number of aliphatic hydroxyl groups excluding tert-OH is 1. The van der Waals surface area contributed by atoms with Crippen LogP contribution >= 0.6 is 0 Å². The number of anilines is 2. The average molecular weight is 542 g/mol. The Kier molecular flexibility index (Phi) is 6.48. The van der Waals surface area contributed by atoms with Crippen molar-refractivity contribution in [3.63, 3.8) is 0 Å². The molecule has 1 unspecified atom stereocenters. The first-order valence-corrected chi connectivity index (χ1v) is 14.1. The molecule has 5 heterocycles. The highest BCUT2D eigenvalue weighted by atomic mass is 19.1. The molecule has 8 nitrogen and oxygen atoms in total.